The number of carbonyl (C=O) groups is 2. The lowest BCUT2D eigenvalue weighted by Crippen LogP contribution is -2.33. The van der Waals surface area contributed by atoms with Crippen LogP contribution < -0.4 is 21.3 Å². The summed E-state index contributed by atoms with van der Waals surface area (Å²) in [6, 6.07) is 3.75. The molecule has 0 heterocycles. The van der Waals surface area contributed by atoms with Crippen molar-refractivity contribution in [1.29, 1.82) is 0 Å². The maximum Gasteiger partial charge on any atom is 0.222 e. The Bertz CT molecular complexity index is 593. The number of hydrogen-bond acceptors (Lipinski definition) is 4. The lowest BCUT2D eigenvalue weighted by atomic mass is 10.1. The number of hydrogen-bond donors (Lipinski definition) is 4. The van der Waals surface area contributed by atoms with E-state index in [2.05, 4.69) is 21.3 Å². The third kappa shape index (κ3) is 5.74. The Morgan fingerprint density at radius 2 is 1.18 bits per heavy atom. The van der Waals surface area contributed by atoms with Gasteiger partial charge in [0, 0.05) is 25.2 Å². The van der Waals surface area contributed by atoms with E-state index in [1.165, 1.54) is 13.8 Å². The summed E-state index contributed by atoms with van der Waals surface area (Å²) in [6.07, 6.45) is 0. The first-order valence-corrected chi connectivity index (χ1v) is 7.29. The highest BCUT2D eigenvalue weighted by molar-refractivity contribution is 7.80. The van der Waals surface area contributed by atoms with Gasteiger partial charge in [0.25, 0.3) is 0 Å². The number of aryl methyl sites for hydroxylation is 2. The Labute approximate surface area is 140 Å². The molecule has 2 amide bonds. The average molecular weight is 338 g/mol. The fraction of sp³-hybridized carbons (Fsp3) is 0.286. The molecule has 0 saturated carbocycles. The SMILES string of the molecule is CC(=O)NC(=S)Nc1cc(NC(=S)NC(C)=O)c(C)cc1C. The molecule has 1 aromatic rings. The summed E-state index contributed by atoms with van der Waals surface area (Å²) in [5.41, 5.74) is 3.39. The van der Waals surface area contributed by atoms with Crippen molar-refractivity contribution in [2.75, 3.05) is 10.6 Å². The molecule has 8 heteroatoms. The van der Waals surface area contributed by atoms with E-state index < -0.39 is 0 Å². The monoisotopic (exact) mass is 338 g/mol. The van der Waals surface area contributed by atoms with Crippen LogP contribution in [0.2, 0.25) is 0 Å². The van der Waals surface area contributed by atoms with E-state index >= 15 is 0 Å². The molecule has 0 aliphatic heterocycles. The van der Waals surface area contributed by atoms with Crippen LogP contribution in [-0.4, -0.2) is 22.0 Å². The van der Waals surface area contributed by atoms with E-state index in [0.29, 0.717) is 0 Å². The predicted molar refractivity (Wildman–Crippen MR) is 96.0 cm³/mol. The highest BCUT2D eigenvalue weighted by Gasteiger charge is 2.09. The molecule has 0 saturated heterocycles. The Kier molecular flexibility index (Phi) is 6.39. The second kappa shape index (κ2) is 7.81. The number of amides is 2. The summed E-state index contributed by atoms with van der Waals surface area (Å²) in [6.45, 7) is 6.60. The van der Waals surface area contributed by atoms with Crippen LogP contribution in [0.3, 0.4) is 0 Å². The molecule has 0 radical (unpaired) electrons. The third-order valence-electron chi connectivity index (χ3n) is 2.65. The van der Waals surface area contributed by atoms with Gasteiger partial charge in [-0.1, -0.05) is 6.07 Å². The van der Waals surface area contributed by atoms with Crippen LogP contribution in [0.15, 0.2) is 12.1 Å². The van der Waals surface area contributed by atoms with Crippen LogP contribution in [0.25, 0.3) is 0 Å². The van der Waals surface area contributed by atoms with Crippen molar-refractivity contribution in [1.82, 2.24) is 10.6 Å². The number of rotatable bonds is 2. The molecule has 0 bridgehead atoms. The van der Waals surface area contributed by atoms with Gasteiger partial charge in [0.2, 0.25) is 11.8 Å². The second-order valence-electron chi connectivity index (χ2n) is 4.75. The van der Waals surface area contributed by atoms with E-state index in [4.69, 9.17) is 24.4 Å². The van der Waals surface area contributed by atoms with Crippen LogP contribution in [0, 0.1) is 13.8 Å². The number of carbonyl (C=O) groups excluding carboxylic acids is 2. The summed E-state index contributed by atoms with van der Waals surface area (Å²) in [5, 5.41) is 11.3. The first-order chi connectivity index (χ1) is 10.2. The molecule has 0 unspecified atom stereocenters. The molecule has 22 heavy (non-hydrogen) atoms. The molecule has 1 rings (SSSR count). The van der Waals surface area contributed by atoms with E-state index in [9.17, 15) is 9.59 Å². The van der Waals surface area contributed by atoms with Crippen molar-refractivity contribution in [3.05, 3.63) is 23.3 Å². The fourth-order valence-corrected chi connectivity index (χ4v) is 2.26. The van der Waals surface area contributed by atoms with Gasteiger partial charge >= 0.3 is 0 Å². The summed E-state index contributed by atoms with van der Waals surface area (Å²) in [4.78, 5) is 22.0. The number of nitrogens with one attached hydrogen (secondary N) is 4. The van der Waals surface area contributed by atoms with Gasteiger partial charge in [0.15, 0.2) is 10.2 Å². The Morgan fingerprint density at radius 1 is 0.818 bits per heavy atom. The lowest BCUT2D eigenvalue weighted by Gasteiger charge is -2.16. The van der Waals surface area contributed by atoms with Gasteiger partial charge in [-0.2, -0.15) is 0 Å². The van der Waals surface area contributed by atoms with Gasteiger partial charge in [0.1, 0.15) is 0 Å². The molecule has 4 N–H and O–H groups in total. The van der Waals surface area contributed by atoms with Crippen molar-refractivity contribution < 1.29 is 9.59 Å². The fourth-order valence-electron chi connectivity index (χ4n) is 1.75. The Balaban J connectivity index is 2.94. The van der Waals surface area contributed by atoms with Crippen molar-refractivity contribution in [3.63, 3.8) is 0 Å². The molecular formula is C14H18N4O2S2. The highest BCUT2D eigenvalue weighted by Crippen LogP contribution is 2.24. The zero-order valence-corrected chi connectivity index (χ0v) is 14.4. The van der Waals surface area contributed by atoms with Gasteiger partial charge in [-0.25, -0.2) is 0 Å². The van der Waals surface area contributed by atoms with Crippen molar-refractivity contribution in [2.45, 2.75) is 27.7 Å². The Morgan fingerprint density at radius 3 is 1.50 bits per heavy atom. The van der Waals surface area contributed by atoms with E-state index in [1.54, 1.807) is 0 Å². The van der Waals surface area contributed by atoms with E-state index in [-0.39, 0.29) is 22.0 Å². The van der Waals surface area contributed by atoms with Gasteiger partial charge in [-0.05, 0) is 55.5 Å². The molecule has 6 nitrogen and oxygen atoms in total. The lowest BCUT2D eigenvalue weighted by molar-refractivity contribution is -0.118. The molecule has 0 atom stereocenters. The summed E-state index contributed by atoms with van der Waals surface area (Å²) >= 11 is 10.1. The van der Waals surface area contributed by atoms with Crippen molar-refractivity contribution >= 4 is 57.8 Å². The molecule has 0 aliphatic rings. The van der Waals surface area contributed by atoms with E-state index in [1.807, 2.05) is 26.0 Å². The normalized spacial score (nSPS) is 9.64. The van der Waals surface area contributed by atoms with Crippen LogP contribution in [-0.2, 0) is 9.59 Å². The van der Waals surface area contributed by atoms with Gasteiger partial charge in [-0.3, -0.25) is 9.59 Å². The zero-order chi connectivity index (χ0) is 16.9. The smallest absolute Gasteiger partial charge is 0.222 e. The summed E-state index contributed by atoms with van der Waals surface area (Å²) in [7, 11) is 0. The van der Waals surface area contributed by atoms with Crippen LogP contribution in [0.1, 0.15) is 25.0 Å². The van der Waals surface area contributed by atoms with Crippen LogP contribution in [0.5, 0.6) is 0 Å². The van der Waals surface area contributed by atoms with Crippen molar-refractivity contribution in [3.8, 4) is 0 Å². The van der Waals surface area contributed by atoms with Crippen LogP contribution in [0.4, 0.5) is 11.4 Å². The quantitative estimate of drug-likeness (QED) is 0.617. The van der Waals surface area contributed by atoms with Crippen molar-refractivity contribution in [2.24, 2.45) is 0 Å². The van der Waals surface area contributed by atoms with E-state index in [0.717, 1.165) is 22.5 Å². The second-order valence-corrected chi connectivity index (χ2v) is 5.57. The van der Waals surface area contributed by atoms with Gasteiger partial charge < -0.3 is 21.3 Å². The maximum atomic E-state index is 11.0. The van der Waals surface area contributed by atoms with Crippen LogP contribution >= 0.6 is 24.4 Å². The minimum absolute atomic E-state index is 0.217. The number of anilines is 2. The predicted octanol–water partition coefficient (Wildman–Crippen LogP) is 1.97. The number of benzene rings is 1. The maximum absolute atomic E-state index is 11.0. The first-order valence-electron chi connectivity index (χ1n) is 6.47. The third-order valence-corrected chi connectivity index (χ3v) is 3.06. The molecule has 0 aromatic heterocycles. The first kappa shape index (κ1) is 18.0. The zero-order valence-electron chi connectivity index (χ0n) is 12.8. The molecular weight excluding hydrogens is 320 g/mol. The molecule has 0 spiro atoms. The standard InChI is InChI=1S/C14H18N4O2S2/c1-7-5-8(2)12(18-14(22)16-10(4)20)6-11(7)17-13(21)15-9(3)19/h5-6H,1-4H3,(H2,15,17,19,21)(H2,16,18,20,22). The molecule has 118 valence electrons. The highest BCUT2D eigenvalue weighted by atomic mass is 32.1. The van der Waals surface area contributed by atoms with Gasteiger partial charge in [-0.15, -0.1) is 0 Å². The average Bonchev–Trinajstić information content (AvgIpc) is 2.33. The molecule has 1 aromatic carbocycles. The minimum atomic E-state index is -0.243. The topological polar surface area (TPSA) is 82.3 Å². The summed E-state index contributed by atoms with van der Waals surface area (Å²) < 4.78 is 0. The Hall–Kier alpha value is -2.06. The largest absolute Gasteiger partial charge is 0.332 e. The minimum Gasteiger partial charge on any atom is -0.332 e. The molecule has 0 aliphatic carbocycles. The van der Waals surface area contributed by atoms with Gasteiger partial charge in [0.05, 0.1) is 0 Å². The summed E-state index contributed by atoms with van der Waals surface area (Å²) in [5.74, 6) is -0.486. The number of thiocarbonyl (C=S) groups is 2. The molecule has 0 fully saturated rings.